The lowest BCUT2D eigenvalue weighted by Crippen LogP contribution is -2.43. The molecule has 1 heteroatoms. The maximum Gasteiger partial charge on any atom is 0.0120 e. The van der Waals surface area contributed by atoms with E-state index in [0.29, 0.717) is 11.5 Å². The zero-order valence-corrected chi connectivity index (χ0v) is 10.4. The molecule has 0 aliphatic heterocycles. The van der Waals surface area contributed by atoms with Crippen LogP contribution in [0.2, 0.25) is 0 Å². The number of hydrogen-bond acceptors (Lipinski definition) is 1. The first-order valence-corrected chi connectivity index (χ1v) is 5.78. The van der Waals surface area contributed by atoms with Gasteiger partial charge in [-0.2, -0.15) is 0 Å². The van der Waals surface area contributed by atoms with Gasteiger partial charge in [-0.3, -0.25) is 0 Å². The Labute approximate surface area is 84.5 Å². The van der Waals surface area contributed by atoms with Crippen LogP contribution in [-0.4, -0.2) is 24.5 Å². The molecule has 1 unspecified atom stereocenters. The van der Waals surface area contributed by atoms with Crippen LogP contribution in [0.15, 0.2) is 0 Å². The van der Waals surface area contributed by atoms with Crippen LogP contribution in [0.25, 0.3) is 0 Å². The van der Waals surface area contributed by atoms with Crippen LogP contribution >= 0.6 is 0 Å². The minimum absolute atomic E-state index is 0.532. The Hall–Kier alpha value is -0.0400. The molecule has 0 radical (unpaired) electrons. The summed E-state index contributed by atoms with van der Waals surface area (Å²) in [5.74, 6) is 0. The molecule has 80 valence electrons. The highest BCUT2D eigenvalue weighted by Crippen LogP contribution is 2.36. The third kappa shape index (κ3) is 2.70. The Kier molecular flexibility index (Phi) is 5.62. The van der Waals surface area contributed by atoms with Gasteiger partial charge in [-0.25, -0.2) is 0 Å². The summed E-state index contributed by atoms with van der Waals surface area (Å²) in [7, 11) is 2.24. The first-order chi connectivity index (χ1) is 6.07. The number of rotatable bonds is 6. The molecule has 0 fully saturated rings. The standard InChI is InChI=1S/C12H27N/c1-7-12(8-2,9-3)11(5)13(6)10-4/h11H,7-10H2,1-6H3. The van der Waals surface area contributed by atoms with Crippen LogP contribution in [0.3, 0.4) is 0 Å². The fourth-order valence-electron chi connectivity index (χ4n) is 2.38. The largest absolute Gasteiger partial charge is 0.303 e. The molecule has 0 aliphatic carbocycles. The molecule has 1 atom stereocenters. The van der Waals surface area contributed by atoms with E-state index >= 15 is 0 Å². The molecule has 0 aromatic carbocycles. The second-order valence-electron chi connectivity index (χ2n) is 4.17. The topological polar surface area (TPSA) is 3.24 Å². The molecular weight excluding hydrogens is 158 g/mol. The highest BCUT2D eigenvalue weighted by Gasteiger charge is 2.32. The Morgan fingerprint density at radius 2 is 1.38 bits per heavy atom. The fraction of sp³-hybridized carbons (Fsp3) is 1.00. The van der Waals surface area contributed by atoms with E-state index in [2.05, 4.69) is 46.6 Å². The highest BCUT2D eigenvalue weighted by atomic mass is 15.1. The molecule has 0 saturated carbocycles. The lowest BCUT2D eigenvalue weighted by molar-refractivity contribution is 0.0842. The van der Waals surface area contributed by atoms with E-state index in [1.54, 1.807) is 0 Å². The molecule has 0 rings (SSSR count). The lowest BCUT2D eigenvalue weighted by atomic mass is 9.73. The highest BCUT2D eigenvalue weighted by molar-refractivity contribution is 4.85. The fourth-order valence-corrected chi connectivity index (χ4v) is 2.38. The van der Waals surface area contributed by atoms with Gasteiger partial charge in [-0.1, -0.05) is 27.7 Å². The van der Waals surface area contributed by atoms with Gasteiger partial charge < -0.3 is 4.90 Å². The number of hydrogen-bond donors (Lipinski definition) is 0. The van der Waals surface area contributed by atoms with Crippen LogP contribution < -0.4 is 0 Å². The molecule has 0 aromatic rings. The van der Waals surface area contributed by atoms with Crippen molar-refractivity contribution in [1.82, 2.24) is 4.90 Å². The molecular formula is C12H27N. The van der Waals surface area contributed by atoms with Gasteiger partial charge in [0.25, 0.3) is 0 Å². The summed E-state index contributed by atoms with van der Waals surface area (Å²) >= 11 is 0. The van der Waals surface area contributed by atoms with Crippen LogP contribution in [0, 0.1) is 5.41 Å². The Morgan fingerprint density at radius 3 is 1.62 bits per heavy atom. The van der Waals surface area contributed by atoms with Crippen molar-refractivity contribution < 1.29 is 0 Å². The van der Waals surface area contributed by atoms with Gasteiger partial charge in [0.2, 0.25) is 0 Å². The zero-order chi connectivity index (χ0) is 10.5. The predicted octanol–water partition coefficient (Wildman–Crippen LogP) is 3.54. The van der Waals surface area contributed by atoms with E-state index in [4.69, 9.17) is 0 Å². The van der Waals surface area contributed by atoms with Gasteiger partial charge >= 0.3 is 0 Å². The SMILES string of the molecule is CCN(C)C(C)C(CC)(CC)CC. The van der Waals surface area contributed by atoms with E-state index in [0.717, 1.165) is 6.54 Å². The van der Waals surface area contributed by atoms with E-state index in [1.807, 2.05) is 0 Å². The number of nitrogens with zero attached hydrogens (tertiary/aromatic N) is 1. The van der Waals surface area contributed by atoms with Crippen LogP contribution in [-0.2, 0) is 0 Å². The van der Waals surface area contributed by atoms with Gasteiger partial charge in [0.15, 0.2) is 0 Å². The summed E-state index contributed by atoms with van der Waals surface area (Å²) in [6.45, 7) is 12.7. The summed E-state index contributed by atoms with van der Waals surface area (Å²) < 4.78 is 0. The minimum Gasteiger partial charge on any atom is -0.303 e. The van der Waals surface area contributed by atoms with Crippen molar-refractivity contribution in [3.05, 3.63) is 0 Å². The summed E-state index contributed by atoms with van der Waals surface area (Å²) in [5, 5.41) is 0. The van der Waals surface area contributed by atoms with Crippen molar-refractivity contribution in [3.8, 4) is 0 Å². The summed E-state index contributed by atoms with van der Waals surface area (Å²) in [6.07, 6.45) is 3.89. The molecule has 0 saturated heterocycles. The quantitative estimate of drug-likeness (QED) is 0.612. The van der Waals surface area contributed by atoms with Crippen molar-refractivity contribution >= 4 is 0 Å². The average molecular weight is 185 g/mol. The second kappa shape index (κ2) is 5.64. The molecule has 0 N–H and O–H groups in total. The maximum absolute atomic E-state index is 2.47. The summed E-state index contributed by atoms with van der Waals surface area (Å²) in [4.78, 5) is 2.47. The third-order valence-corrected chi connectivity index (χ3v) is 4.16. The van der Waals surface area contributed by atoms with Crippen LogP contribution in [0.5, 0.6) is 0 Å². The molecule has 0 bridgehead atoms. The first kappa shape index (κ1) is 13.0. The molecule has 0 aromatic heterocycles. The van der Waals surface area contributed by atoms with E-state index in [1.165, 1.54) is 19.3 Å². The first-order valence-electron chi connectivity index (χ1n) is 5.78. The van der Waals surface area contributed by atoms with E-state index in [9.17, 15) is 0 Å². The Morgan fingerprint density at radius 1 is 1.00 bits per heavy atom. The molecule has 0 aliphatic rings. The normalized spacial score (nSPS) is 15.0. The second-order valence-corrected chi connectivity index (χ2v) is 4.17. The lowest BCUT2D eigenvalue weighted by Gasteiger charge is -2.41. The van der Waals surface area contributed by atoms with Gasteiger partial charge in [-0.05, 0) is 45.2 Å². The zero-order valence-electron chi connectivity index (χ0n) is 10.4. The Bertz CT molecular complexity index is 119. The maximum atomic E-state index is 2.47. The predicted molar refractivity (Wildman–Crippen MR) is 61.1 cm³/mol. The molecule has 1 nitrogen and oxygen atoms in total. The molecule has 0 amide bonds. The van der Waals surface area contributed by atoms with Crippen molar-refractivity contribution in [2.75, 3.05) is 13.6 Å². The molecule has 0 heterocycles. The van der Waals surface area contributed by atoms with Crippen LogP contribution in [0.1, 0.15) is 53.9 Å². The molecule has 0 spiro atoms. The third-order valence-electron chi connectivity index (χ3n) is 4.16. The van der Waals surface area contributed by atoms with Crippen molar-refractivity contribution in [2.45, 2.75) is 59.9 Å². The molecule has 13 heavy (non-hydrogen) atoms. The van der Waals surface area contributed by atoms with E-state index < -0.39 is 0 Å². The summed E-state index contributed by atoms with van der Waals surface area (Å²) in [6, 6.07) is 0.706. The van der Waals surface area contributed by atoms with Gasteiger partial charge in [0.05, 0.1) is 0 Å². The summed E-state index contributed by atoms with van der Waals surface area (Å²) in [5.41, 5.74) is 0.532. The monoisotopic (exact) mass is 185 g/mol. The van der Waals surface area contributed by atoms with Crippen molar-refractivity contribution in [3.63, 3.8) is 0 Å². The van der Waals surface area contributed by atoms with Crippen LogP contribution in [0.4, 0.5) is 0 Å². The van der Waals surface area contributed by atoms with Gasteiger partial charge in [-0.15, -0.1) is 0 Å². The van der Waals surface area contributed by atoms with Gasteiger partial charge in [0, 0.05) is 6.04 Å². The Balaban J connectivity index is 4.52. The van der Waals surface area contributed by atoms with Gasteiger partial charge in [0.1, 0.15) is 0 Å². The average Bonchev–Trinajstić information content (AvgIpc) is 2.20. The van der Waals surface area contributed by atoms with E-state index in [-0.39, 0.29) is 0 Å². The van der Waals surface area contributed by atoms with Crippen molar-refractivity contribution in [1.29, 1.82) is 0 Å². The smallest absolute Gasteiger partial charge is 0.0120 e. The van der Waals surface area contributed by atoms with Crippen molar-refractivity contribution in [2.24, 2.45) is 5.41 Å². The minimum atomic E-state index is 0.532.